The third-order valence-corrected chi connectivity index (χ3v) is 2.40. The van der Waals surface area contributed by atoms with E-state index in [4.69, 9.17) is 14.2 Å². The van der Waals surface area contributed by atoms with E-state index in [0.717, 1.165) is 13.0 Å². The zero-order valence-corrected chi connectivity index (χ0v) is 12.3. The van der Waals surface area contributed by atoms with Crippen molar-refractivity contribution in [2.24, 2.45) is 5.41 Å². The molecule has 18 heavy (non-hydrogen) atoms. The van der Waals surface area contributed by atoms with Crippen molar-refractivity contribution in [1.29, 1.82) is 0 Å². The molecule has 0 saturated heterocycles. The Labute approximate surface area is 111 Å². The first kappa shape index (κ1) is 17.6. The van der Waals surface area contributed by atoms with Gasteiger partial charge in [-0.25, -0.2) is 0 Å². The van der Waals surface area contributed by atoms with Crippen molar-refractivity contribution in [1.82, 2.24) is 0 Å². The van der Waals surface area contributed by atoms with Gasteiger partial charge in [0.15, 0.2) is 0 Å². The predicted molar refractivity (Wildman–Crippen MR) is 71.8 cm³/mol. The smallest absolute Gasteiger partial charge is 0.140 e. The molecule has 0 N–H and O–H groups in total. The van der Waals surface area contributed by atoms with E-state index in [0.29, 0.717) is 39.5 Å². The van der Waals surface area contributed by atoms with Crippen molar-refractivity contribution >= 4 is 5.78 Å². The summed E-state index contributed by atoms with van der Waals surface area (Å²) >= 11 is 0. The fourth-order valence-electron chi connectivity index (χ4n) is 1.23. The SMILES string of the molecule is CCCOCCOCCOCCC(=O)C(C)(C)C. The fraction of sp³-hybridized carbons (Fsp3) is 0.929. The molecule has 0 aromatic rings. The van der Waals surface area contributed by atoms with Crippen LogP contribution >= 0.6 is 0 Å². The summed E-state index contributed by atoms with van der Waals surface area (Å²) in [7, 11) is 0. The van der Waals surface area contributed by atoms with E-state index >= 15 is 0 Å². The number of carbonyl (C=O) groups is 1. The van der Waals surface area contributed by atoms with E-state index in [9.17, 15) is 4.79 Å². The molecule has 0 saturated carbocycles. The first-order chi connectivity index (χ1) is 8.48. The third-order valence-electron chi connectivity index (χ3n) is 2.40. The predicted octanol–water partition coefficient (Wildman–Crippen LogP) is 2.45. The van der Waals surface area contributed by atoms with Crippen molar-refractivity contribution < 1.29 is 19.0 Å². The van der Waals surface area contributed by atoms with Crippen molar-refractivity contribution in [3.05, 3.63) is 0 Å². The minimum Gasteiger partial charge on any atom is -0.379 e. The van der Waals surface area contributed by atoms with Crippen molar-refractivity contribution in [2.45, 2.75) is 40.5 Å². The minimum atomic E-state index is -0.267. The van der Waals surface area contributed by atoms with Crippen LogP contribution in [0.1, 0.15) is 40.5 Å². The number of ketones is 1. The molecule has 108 valence electrons. The first-order valence-electron chi connectivity index (χ1n) is 6.75. The lowest BCUT2D eigenvalue weighted by atomic mass is 9.89. The molecular weight excluding hydrogens is 232 g/mol. The van der Waals surface area contributed by atoms with Gasteiger partial charge in [0.1, 0.15) is 5.78 Å². The molecule has 0 radical (unpaired) electrons. The number of Topliss-reactive ketones (excluding diaryl/α,β-unsaturated/α-hetero) is 1. The van der Waals surface area contributed by atoms with E-state index in [1.165, 1.54) is 0 Å². The van der Waals surface area contributed by atoms with Gasteiger partial charge in [0.05, 0.1) is 33.0 Å². The van der Waals surface area contributed by atoms with Gasteiger partial charge >= 0.3 is 0 Å². The van der Waals surface area contributed by atoms with Gasteiger partial charge in [0.25, 0.3) is 0 Å². The maximum absolute atomic E-state index is 11.6. The molecule has 0 aromatic heterocycles. The molecule has 0 bridgehead atoms. The lowest BCUT2D eigenvalue weighted by Crippen LogP contribution is -2.21. The van der Waals surface area contributed by atoms with Crippen LogP contribution in [-0.2, 0) is 19.0 Å². The van der Waals surface area contributed by atoms with Crippen LogP contribution in [-0.4, -0.2) is 45.4 Å². The second-order valence-corrected chi connectivity index (χ2v) is 5.26. The zero-order valence-electron chi connectivity index (χ0n) is 12.3. The molecule has 0 spiro atoms. The standard InChI is InChI=1S/C14H28O4/c1-5-7-16-9-11-18-12-10-17-8-6-13(15)14(2,3)4/h5-12H2,1-4H3. The molecule has 0 amide bonds. The summed E-state index contributed by atoms with van der Waals surface area (Å²) in [4.78, 5) is 11.6. The summed E-state index contributed by atoms with van der Waals surface area (Å²) in [6, 6.07) is 0. The third kappa shape index (κ3) is 10.7. The second-order valence-electron chi connectivity index (χ2n) is 5.26. The topological polar surface area (TPSA) is 44.8 Å². The fourth-order valence-corrected chi connectivity index (χ4v) is 1.23. The number of ether oxygens (including phenoxy) is 3. The van der Waals surface area contributed by atoms with Crippen LogP contribution < -0.4 is 0 Å². The monoisotopic (exact) mass is 260 g/mol. The average Bonchev–Trinajstić information content (AvgIpc) is 2.30. The van der Waals surface area contributed by atoms with Crippen LogP contribution in [0.15, 0.2) is 0 Å². The Bertz CT molecular complexity index is 208. The molecule has 0 unspecified atom stereocenters. The summed E-state index contributed by atoms with van der Waals surface area (Å²) in [5.74, 6) is 0.233. The molecule has 0 aliphatic rings. The Morgan fingerprint density at radius 2 is 1.28 bits per heavy atom. The highest BCUT2D eigenvalue weighted by molar-refractivity contribution is 5.83. The highest BCUT2D eigenvalue weighted by Crippen LogP contribution is 2.16. The Balaban J connectivity index is 3.19. The normalized spacial score (nSPS) is 11.8. The van der Waals surface area contributed by atoms with E-state index in [2.05, 4.69) is 6.92 Å². The maximum Gasteiger partial charge on any atom is 0.140 e. The van der Waals surface area contributed by atoms with Crippen molar-refractivity contribution in [3.63, 3.8) is 0 Å². The quantitative estimate of drug-likeness (QED) is 0.535. The van der Waals surface area contributed by atoms with Gasteiger partial charge in [-0.15, -0.1) is 0 Å². The van der Waals surface area contributed by atoms with Gasteiger partial charge in [0.2, 0.25) is 0 Å². The summed E-state index contributed by atoms with van der Waals surface area (Å²) in [6.45, 7) is 11.4. The molecule has 0 aliphatic carbocycles. The molecule has 4 nitrogen and oxygen atoms in total. The highest BCUT2D eigenvalue weighted by atomic mass is 16.5. The van der Waals surface area contributed by atoms with Gasteiger partial charge in [-0.05, 0) is 6.42 Å². The number of rotatable bonds is 11. The van der Waals surface area contributed by atoms with E-state index in [1.54, 1.807) is 0 Å². The molecule has 0 heterocycles. The first-order valence-corrected chi connectivity index (χ1v) is 6.75. The van der Waals surface area contributed by atoms with E-state index < -0.39 is 0 Å². The van der Waals surface area contributed by atoms with Crippen LogP contribution in [0.3, 0.4) is 0 Å². The van der Waals surface area contributed by atoms with Crippen LogP contribution in [0.25, 0.3) is 0 Å². The second kappa shape index (κ2) is 10.5. The average molecular weight is 260 g/mol. The van der Waals surface area contributed by atoms with E-state index in [1.807, 2.05) is 20.8 Å². The van der Waals surface area contributed by atoms with Crippen LogP contribution in [0.4, 0.5) is 0 Å². The minimum absolute atomic E-state index is 0.233. The Morgan fingerprint density at radius 3 is 1.72 bits per heavy atom. The lowest BCUT2D eigenvalue weighted by molar-refractivity contribution is -0.127. The molecule has 0 fully saturated rings. The number of hydrogen-bond donors (Lipinski definition) is 0. The summed E-state index contributed by atoms with van der Waals surface area (Å²) in [6.07, 6.45) is 1.51. The van der Waals surface area contributed by atoms with Gasteiger partial charge in [-0.3, -0.25) is 4.79 Å². The van der Waals surface area contributed by atoms with Crippen LogP contribution in [0.2, 0.25) is 0 Å². The molecule has 0 atom stereocenters. The Hall–Kier alpha value is -0.450. The zero-order chi connectivity index (χ0) is 13.9. The highest BCUT2D eigenvalue weighted by Gasteiger charge is 2.20. The van der Waals surface area contributed by atoms with Crippen molar-refractivity contribution in [2.75, 3.05) is 39.6 Å². The van der Waals surface area contributed by atoms with Crippen LogP contribution in [0, 0.1) is 5.41 Å². The number of hydrogen-bond acceptors (Lipinski definition) is 4. The number of carbonyl (C=O) groups excluding carboxylic acids is 1. The summed E-state index contributed by atoms with van der Waals surface area (Å²) < 4.78 is 15.9. The molecule has 4 heteroatoms. The Kier molecular flexibility index (Phi) is 10.2. The van der Waals surface area contributed by atoms with Gasteiger partial charge < -0.3 is 14.2 Å². The lowest BCUT2D eigenvalue weighted by Gasteiger charge is -2.16. The van der Waals surface area contributed by atoms with Crippen LogP contribution in [0.5, 0.6) is 0 Å². The summed E-state index contributed by atoms with van der Waals surface area (Å²) in [5, 5.41) is 0. The molecule has 0 rings (SSSR count). The van der Waals surface area contributed by atoms with Gasteiger partial charge in [-0.1, -0.05) is 27.7 Å². The molecule has 0 aromatic carbocycles. The molecule has 0 aliphatic heterocycles. The summed E-state index contributed by atoms with van der Waals surface area (Å²) in [5.41, 5.74) is -0.267. The largest absolute Gasteiger partial charge is 0.379 e. The Morgan fingerprint density at radius 1 is 0.833 bits per heavy atom. The van der Waals surface area contributed by atoms with Gasteiger partial charge in [-0.2, -0.15) is 0 Å². The van der Waals surface area contributed by atoms with Gasteiger partial charge in [0, 0.05) is 18.4 Å². The van der Waals surface area contributed by atoms with Crippen molar-refractivity contribution in [3.8, 4) is 0 Å². The molecular formula is C14H28O4. The van der Waals surface area contributed by atoms with E-state index in [-0.39, 0.29) is 11.2 Å². The maximum atomic E-state index is 11.6.